The topological polar surface area (TPSA) is 71.5 Å². The molecule has 1 aliphatic heterocycles. The molecule has 1 aromatic carbocycles. The maximum absolute atomic E-state index is 14.6. The predicted molar refractivity (Wildman–Crippen MR) is 97.0 cm³/mol. The molecule has 1 amide bonds. The standard InChI is InChI=1S/C19H19ClF2N2O3/c1-10-8-27-19-13(10)6-15(11(4-5-25)7-23-9-26)24-18(19)12-2-3-14(21)16(20)17(12)22/h2-3,6,9-11,25H,4-5,7-8H2,1H3,(H,23,26). The van der Waals surface area contributed by atoms with Crippen LogP contribution in [0.4, 0.5) is 8.78 Å². The highest BCUT2D eigenvalue weighted by Gasteiger charge is 2.29. The van der Waals surface area contributed by atoms with Crippen molar-refractivity contribution in [1.29, 1.82) is 0 Å². The molecule has 8 heteroatoms. The Morgan fingerprint density at radius 2 is 2.26 bits per heavy atom. The Labute approximate surface area is 160 Å². The molecule has 2 aromatic rings. The van der Waals surface area contributed by atoms with Gasteiger partial charge in [-0.1, -0.05) is 18.5 Å². The number of nitrogens with one attached hydrogen (secondary N) is 1. The fraction of sp³-hybridized carbons (Fsp3) is 0.368. The summed E-state index contributed by atoms with van der Waals surface area (Å²) in [5, 5.41) is 11.3. The minimum atomic E-state index is -0.906. The highest BCUT2D eigenvalue weighted by atomic mass is 35.5. The fourth-order valence-corrected chi connectivity index (χ4v) is 3.36. The van der Waals surface area contributed by atoms with Gasteiger partial charge in [-0.05, 0) is 24.6 Å². The van der Waals surface area contributed by atoms with Crippen molar-refractivity contribution in [2.24, 2.45) is 0 Å². The van der Waals surface area contributed by atoms with Crippen molar-refractivity contribution in [1.82, 2.24) is 10.3 Å². The lowest BCUT2D eigenvalue weighted by Gasteiger charge is -2.18. The maximum atomic E-state index is 14.6. The molecule has 0 aliphatic carbocycles. The first-order chi connectivity index (χ1) is 13.0. The summed E-state index contributed by atoms with van der Waals surface area (Å²) in [6.45, 7) is 2.57. The quantitative estimate of drug-likeness (QED) is 0.556. The normalized spacial score (nSPS) is 16.6. The maximum Gasteiger partial charge on any atom is 0.207 e. The van der Waals surface area contributed by atoms with Gasteiger partial charge in [0.15, 0.2) is 5.82 Å². The lowest BCUT2D eigenvalue weighted by Crippen LogP contribution is -2.22. The van der Waals surface area contributed by atoms with Crippen LogP contribution in [0.15, 0.2) is 18.2 Å². The molecule has 2 unspecified atom stereocenters. The van der Waals surface area contributed by atoms with Crippen LogP contribution in [0.5, 0.6) is 5.75 Å². The molecular weight excluding hydrogens is 378 g/mol. The van der Waals surface area contributed by atoms with Crippen molar-refractivity contribution < 1.29 is 23.4 Å². The van der Waals surface area contributed by atoms with Crippen LogP contribution in [0.1, 0.15) is 36.4 Å². The molecule has 0 radical (unpaired) electrons. The molecule has 1 aromatic heterocycles. The van der Waals surface area contributed by atoms with E-state index in [0.29, 0.717) is 30.9 Å². The number of ether oxygens (including phenoxy) is 1. The second-order valence-corrected chi connectivity index (χ2v) is 6.86. The number of aliphatic hydroxyl groups is 1. The van der Waals surface area contributed by atoms with Crippen molar-refractivity contribution in [3.05, 3.63) is 46.1 Å². The summed E-state index contributed by atoms with van der Waals surface area (Å²) in [6, 6.07) is 4.21. The van der Waals surface area contributed by atoms with Gasteiger partial charge in [0.1, 0.15) is 22.3 Å². The van der Waals surface area contributed by atoms with E-state index in [1.165, 1.54) is 6.07 Å². The first-order valence-electron chi connectivity index (χ1n) is 8.57. The first-order valence-corrected chi connectivity index (χ1v) is 8.95. The summed E-state index contributed by atoms with van der Waals surface area (Å²) < 4.78 is 33.9. The van der Waals surface area contributed by atoms with Crippen LogP contribution in [-0.4, -0.2) is 36.3 Å². The first kappa shape index (κ1) is 19.5. The third-order valence-corrected chi connectivity index (χ3v) is 5.01. The molecule has 0 saturated carbocycles. The van der Waals surface area contributed by atoms with Crippen LogP contribution in [-0.2, 0) is 4.79 Å². The summed E-state index contributed by atoms with van der Waals surface area (Å²) in [7, 11) is 0. The average Bonchev–Trinajstić information content (AvgIpc) is 3.04. The number of aromatic nitrogens is 1. The third kappa shape index (κ3) is 3.75. The molecule has 0 bridgehead atoms. The largest absolute Gasteiger partial charge is 0.490 e. The van der Waals surface area contributed by atoms with Gasteiger partial charge < -0.3 is 15.2 Å². The molecule has 2 heterocycles. The number of halogens is 3. The zero-order valence-electron chi connectivity index (χ0n) is 14.6. The molecule has 2 N–H and O–H groups in total. The van der Waals surface area contributed by atoms with Crippen LogP contribution in [0.2, 0.25) is 5.02 Å². The van der Waals surface area contributed by atoms with E-state index in [9.17, 15) is 18.7 Å². The number of pyridine rings is 1. The van der Waals surface area contributed by atoms with Gasteiger partial charge in [0.2, 0.25) is 6.41 Å². The summed E-state index contributed by atoms with van der Waals surface area (Å²) in [4.78, 5) is 15.2. The number of carbonyl (C=O) groups excluding carboxylic acids is 1. The number of carbonyl (C=O) groups is 1. The Hall–Kier alpha value is -2.25. The van der Waals surface area contributed by atoms with Crippen LogP contribution in [0, 0.1) is 11.6 Å². The SMILES string of the molecule is CC1COc2c1cc(C(CCO)CNC=O)nc2-c1ccc(F)c(Cl)c1F. The van der Waals surface area contributed by atoms with E-state index in [2.05, 4.69) is 10.3 Å². The molecule has 0 saturated heterocycles. The molecule has 1 aliphatic rings. The molecular formula is C19H19ClF2N2O3. The van der Waals surface area contributed by atoms with E-state index in [0.717, 1.165) is 11.6 Å². The van der Waals surface area contributed by atoms with E-state index in [-0.39, 0.29) is 36.2 Å². The van der Waals surface area contributed by atoms with Crippen LogP contribution >= 0.6 is 11.6 Å². The lowest BCUT2D eigenvalue weighted by molar-refractivity contribution is -0.109. The molecule has 5 nitrogen and oxygen atoms in total. The van der Waals surface area contributed by atoms with E-state index in [1.807, 2.05) is 13.0 Å². The Morgan fingerprint density at radius 3 is 2.96 bits per heavy atom. The highest BCUT2D eigenvalue weighted by molar-refractivity contribution is 6.31. The molecule has 3 rings (SSSR count). The minimum Gasteiger partial charge on any atom is -0.490 e. The van der Waals surface area contributed by atoms with Crippen molar-refractivity contribution >= 4 is 18.0 Å². The number of amides is 1. The Morgan fingerprint density at radius 1 is 1.48 bits per heavy atom. The highest BCUT2D eigenvalue weighted by Crippen LogP contribution is 2.43. The number of hydrogen-bond acceptors (Lipinski definition) is 4. The smallest absolute Gasteiger partial charge is 0.207 e. The van der Waals surface area contributed by atoms with Crippen molar-refractivity contribution in [3.8, 4) is 17.0 Å². The van der Waals surface area contributed by atoms with Crippen molar-refractivity contribution in [2.75, 3.05) is 19.8 Å². The van der Waals surface area contributed by atoms with E-state index < -0.39 is 16.7 Å². The fourth-order valence-electron chi connectivity index (χ4n) is 3.19. The number of benzene rings is 1. The molecule has 144 valence electrons. The van der Waals surface area contributed by atoms with Gasteiger partial charge in [-0.25, -0.2) is 13.8 Å². The van der Waals surface area contributed by atoms with E-state index >= 15 is 0 Å². The molecule has 0 spiro atoms. The summed E-state index contributed by atoms with van der Waals surface area (Å²) >= 11 is 5.73. The van der Waals surface area contributed by atoms with E-state index in [4.69, 9.17) is 16.3 Å². The zero-order valence-corrected chi connectivity index (χ0v) is 15.4. The number of aliphatic hydroxyl groups excluding tert-OH is 1. The Kier molecular flexibility index (Phi) is 5.92. The molecule has 0 fully saturated rings. The van der Waals surface area contributed by atoms with Crippen LogP contribution < -0.4 is 10.1 Å². The Bertz CT molecular complexity index is 863. The second-order valence-electron chi connectivity index (χ2n) is 6.48. The van der Waals surface area contributed by atoms with Gasteiger partial charge in [-0.15, -0.1) is 0 Å². The monoisotopic (exact) mass is 396 g/mol. The van der Waals surface area contributed by atoms with Gasteiger partial charge in [0.25, 0.3) is 0 Å². The Balaban J connectivity index is 2.16. The second kappa shape index (κ2) is 8.19. The summed E-state index contributed by atoms with van der Waals surface area (Å²) in [5.74, 6) is -1.52. The number of hydrogen-bond donors (Lipinski definition) is 2. The van der Waals surface area contributed by atoms with Crippen LogP contribution in [0.3, 0.4) is 0 Å². The predicted octanol–water partition coefficient (Wildman–Crippen LogP) is 3.39. The molecule has 27 heavy (non-hydrogen) atoms. The number of rotatable bonds is 7. The average molecular weight is 397 g/mol. The van der Waals surface area contributed by atoms with Crippen molar-refractivity contribution in [2.45, 2.75) is 25.2 Å². The zero-order chi connectivity index (χ0) is 19.6. The van der Waals surface area contributed by atoms with E-state index in [1.54, 1.807) is 0 Å². The van der Waals surface area contributed by atoms with Gasteiger partial charge in [0.05, 0.1) is 6.61 Å². The number of nitrogens with zero attached hydrogens (tertiary/aromatic N) is 1. The summed E-state index contributed by atoms with van der Waals surface area (Å²) in [5.41, 5.74) is 1.72. The lowest BCUT2D eigenvalue weighted by atomic mass is 9.94. The van der Waals surface area contributed by atoms with Gasteiger partial charge in [0, 0.05) is 41.8 Å². The van der Waals surface area contributed by atoms with Gasteiger partial charge in [-0.3, -0.25) is 4.79 Å². The van der Waals surface area contributed by atoms with Gasteiger partial charge >= 0.3 is 0 Å². The van der Waals surface area contributed by atoms with Crippen molar-refractivity contribution in [3.63, 3.8) is 0 Å². The summed E-state index contributed by atoms with van der Waals surface area (Å²) in [6.07, 6.45) is 0.942. The number of fused-ring (bicyclic) bond motifs is 1. The van der Waals surface area contributed by atoms with Gasteiger partial charge in [-0.2, -0.15) is 0 Å². The minimum absolute atomic E-state index is 0.0414. The third-order valence-electron chi connectivity index (χ3n) is 4.66. The van der Waals surface area contributed by atoms with Crippen LogP contribution in [0.25, 0.3) is 11.3 Å². The molecule has 2 atom stereocenters.